The number of para-hydroxylation sites is 2. The summed E-state index contributed by atoms with van der Waals surface area (Å²) in [6.07, 6.45) is 3.37. The molecule has 0 radical (unpaired) electrons. The first-order chi connectivity index (χ1) is 13.3. The highest BCUT2D eigenvalue weighted by molar-refractivity contribution is 7.22. The van der Waals surface area contributed by atoms with E-state index >= 15 is 0 Å². The van der Waals surface area contributed by atoms with E-state index in [1.807, 2.05) is 0 Å². The van der Waals surface area contributed by atoms with Gasteiger partial charge in [0.2, 0.25) is 0 Å². The average Bonchev–Trinajstić information content (AvgIpc) is 3.23. The molecule has 0 unspecified atom stereocenters. The van der Waals surface area contributed by atoms with Crippen LogP contribution in [-0.4, -0.2) is 9.55 Å². The van der Waals surface area contributed by atoms with Crippen LogP contribution in [0.15, 0.2) is 60.7 Å². The lowest BCUT2D eigenvalue weighted by molar-refractivity contribution is 0.792. The van der Waals surface area contributed by atoms with Gasteiger partial charge in [-0.05, 0) is 36.6 Å². The zero-order valence-corrected chi connectivity index (χ0v) is 16.1. The maximum absolute atomic E-state index is 6.09. The summed E-state index contributed by atoms with van der Waals surface area (Å²) in [5, 5.41) is 3.17. The molecule has 0 saturated carbocycles. The molecule has 27 heavy (non-hydrogen) atoms. The second-order valence-electron chi connectivity index (χ2n) is 6.95. The number of thiazole rings is 1. The van der Waals surface area contributed by atoms with Crippen molar-refractivity contribution in [3.05, 3.63) is 66.2 Å². The second-order valence-corrected chi connectivity index (χ2v) is 8.01. The number of hydrogen-bond donors (Lipinski definition) is 1. The number of rotatable bonds is 4. The Balaban J connectivity index is 1.95. The molecule has 0 aliphatic heterocycles. The summed E-state index contributed by atoms with van der Waals surface area (Å²) < 4.78 is 3.53. The van der Waals surface area contributed by atoms with Crippen LogP contribution in [0.1, 0.15) is 25.3 Å². The predicted molar refractivity (Wildman–Crippen MR) is 117 cm³/mol. The Bertz CT molecular complexity index is 1230. The second kappa shape index (κ2) is 6.39. The molecule has 0 fully saturated rings. The van der Waals surface area contributed by atoms with Crippen LogP contribution in [0.4, 0.5) is 5.13 Å². The van der Waals surface area contributed by atoms with Gasteiger partial charge in [-0.3, -0.25) is 0 Å². The minimum Gasteiger partial charge on any atom is -0.375 e. The van der Waals surface area contributed by atoms with Gasteiger partial charge in [-0.1, -0.05) is 67.1 Å². The Morgan fingerprint density at radius 2 is 1.59 bits per heavy atom. The van der Waals surface area contributed by atoms with Crippen molar-refractivity contribution in [1.82, 2.24) is 9.55 Å². The van der Waals surface area contributed by atoms with Crippen molar-refractivity contribution in [2.24, 2.45) is 0 Å². The standard InChI is InChI=1S/C23H21N3S/c1-2-3-8-15-13-14-20-21(25-23(24)27-20)22(15)26-18-11-6-4-9-16(18)17-10-5-7-12-19(17)26/h4-7,9-14H,2-3,8H2,1H3,(H2,24,25). The highest BCUT2D eigenvalue weighted by Gasteiger charge is 2.18. The molecule has 134 valence electrons. The van der Waals surface area contributed by atoms with Gasteiger partial charge in [0, 0.05) is 10.8 Å². The number of benzene rings is 3. The molecule has 0 aliphatic rings. The number of anilines is 1. The fourth-order valence-electron chi connectivity index (χ4n) is 4.02. The van der Waals surface area contributed by atoms with Crippen molar-refractivity contribution in [3.8, 4) is 5.69 Å². The molecular formula is C23H21N3S. The number of aryl methyl sites for hydroxylation is 1. The zero-order chi connectivity index (χ0) is 18.4. The summed E-state index contributed by atoms with van der Waals surface area (Å²) in [4.78, 5) is 4.73. The summed E-state index contributed by atoms with van der Waals surface area (Å²) in [7, 11) is 0. The van der Waals surface area contributed by atoms with Crippen LogP contribution >= 0.6 is 11.3 Å². The van der Waals surface area contributed by atoms with E-state index in [0.717, 1.165) is 23.1 Å². The Labute approximate surface area is 162 Å². The van der Waals surface area contributed by atoms with Gasteiger partial charge in [0.15, 0.2) is 5.13 Å². The first-order valence-corrected chi connectivity index (χ1v) is 10.3. The van der Waals surface area contributed by atoms with Gasteiger partial charge in [-0.25, -0.2) is 4.98 Å². The smallest absolute Gasteiger partial charge is 0.181 e. The minimum absolute atomic E-state index is 0.625. The van der Waals surface area contributed by atoms with Crippen molar-refractivity contribution in [1.29, 1.82) is 0 Å². The molecular weight excluding hydrogens is 350 g/mol. The lowest BCUT2D eigenvalue weighted by Crippen LogP contribution is -2.01. The monoisotopic (exact) mass is 371 g/mol. The maximum atomic E-state index is 6.09. The molecule has 3 nitrogen and oxygen atoms in total. The number of nitrogen functional groups attached to an aromatic ring is 1. The Morgan fingerprint density at radius 3 is 2.26 bits per heavy atom. The van der Waals surface area contributed by atoms with Crippen LogP contribution in [0.3, 0.4) is 0 Å². The molecule has 3 aromatic carbocycles. The largest absolute Gasteiger partial charge is 0.375 e. The van der Waals surface area contributed by atoms with E-state index in [2.05, 4.69) is 72.2 Å². The van der Waals surface area contributed by atoms with Crippen LogP contribution in [-0.2, 0) is 6.42 Å². The van der Waals surface area contributed by atoms with Crippen LogP contribution in [0.25, 0.3) is 37.7 Å². The van der Waals surface area contributed by atoms with E-state index in [1.165, 1.54) is 39.5 Å². The molecule has 0 atom stereocenters. The number of aromatic nitrogens is 2. The topological polar surface area (TPSA) is 43.8 Å². The molecule has 0 saturated heterocycles. The first-order valence-electron chi connectivity index (χ1n) is 9.44. The van der Waals surface area contributed by atoms with E-state index in [4.69, 9.17) is 10.7 Å². The number of fused-ring (bicyclic) bond motifs is 4. The van der Waals surface area contributed by atoms with Crippen molar-refractivity contribution >= 4 is 48.5 Å². The fraction of sp³-hybridized carbons (Fsp3) is 0.174. The third kappa shape index (κ3) is 2.52. The quantitative estimate of drug-likeness (QED) is 0.402. The molecule has 5 aromatic rings. The van der Waals surface area contributed by atoms with Crippen molar-refractivity contribution in [2.75, 3.05) is 5.73 Å². The molecule has 2 N–H and O–H groups in total. The van der Waals surface area contributed by atoms with Gasteiger partial charge in [-0.15, -0.1) is 0 Å². The summed E-state index contributed by atoms with van der Waals surface area (Å²) in [6.45, 7) is 2.24. The van der Waals surface area contributed by atoms with E-state index in [1.54, 1.807) is 11.3 Å². The molecule has 5 rings (SSSR count). The first kappa shape index (κ1) is 16.3. The van der Waals surface area contributed by atoms with Crippen LogP contribution in [0, 0.1) is 0 Å². The Hall–Kier alpha value is -2.85. The van der Waals surface area contributed by atoms with Gasteiger partial charge >= 0.3 is 0 Å². The number of hydrogen-bond acceptors (Lipinski definition) is 3. The van der Waals surface area contributed by atoms with E-state index in [-0.39, 0.29) is 0 Å². The average molecular weight is 372 g/mol. The molecule has 0 spiro atoms. The molecule has 2 heterocycles. The van der Waals surface area contributed by atoms with E-state index in [9.17, 15) is 0 Å². The predicted octanol–water partition coefficient (Wildman–Crippen LogP) is 6.32. The van der Waals surface area contributed by atoms with Crippen LogP contribution < -0.4 is 5.73 Å². The molecule has 4 heteroatoms. The van der Waals surface area contributed by atoms with E-state index < -0.39 is 0 Å². The minimum atomic E-state index is 0.625. The van der Waals surface area contributed by atoms with Gasteiger partial charge in [0.25, 0.3) is 0 Å². The molecule has 0 aliphatic carbocycles. The number of nitrogens with two attached hydrogens (primary N) is 1. The lowest BCUT2D eigenvalue weighted by Gasteiger charge is -2.14. The van der Waals surface area contributed by atoms with E-state index in [0.29, 0.717) is 5.13 Å². The van der Waals surface area contributed by atoms with Crippen molar-refractivity contribution in [3.63, 3.8) is 0 Å². The third-order valence-electron chi connectivity index (χ3n) is 5.24. The van der Waals surface area contributed by atoms with Crippen LogP contribution in [0.2, 0.25) is 0 Å². The van der Waals surface area contributed by atoms with Gasteiger partial charge in [0.1, 0.15) is 5.52 Å². The number of unbranched alkanes of at least 4 members (excludes halogenated alkanes) is 1. The lowest BCUT2D eigenvalue weighted by atomic mass is 10.0. The Morgan fingerprint density at radius 1 is 0.926 bits per heavy atom. The molecule has 0 bridgehead atoms. The van der Waals surface area contributed by atoms with Crippen molar-refractivity contribution in [2.45, 2.75) is 26.2 Å². The molecule has 2 aromatic heterocycles. The SMILES string of the molecule is CCCCc1ccc2sc(N)nc2c1-n1c2ccccc2c2ccccc21. The summed E-state index contributed by atoms with van der Waals surface area (Å²) in [5.41, 5.74) is 12.1. The normalized spacial score (nSPS) is 11.7. The summed E-state index contributed by atoms with van der Waals surface area (Å²) in [6, 6.07) is 21.7. The van der Waals surface area contributed by atoms with Gasteiger partial charge in [-0.2, -0.15) is 0 Å². The van der Waals surface area contributed by atoms with Gasteiger partial charge < -0.3 is 10.3 Å². The van der Waals surface area contributed by atoms with Crippen molar-refractivity contribution < 1.29 is 0 Å². The van der Waals surface area contributed by atoms with Gasteiger partial charge in [0.05, 0.1) is 21.4 Å². The summed E-state index contributed by atoms with van der Waals surface area (Å²) in [5.74, 6) is 0. The summed E-state index contributed by atoms with van der Waals surface area (Å²) >= 11 is 1.56. The third-order valence-corrected chi connectivity index (χ3v) is 6.09. The fourth-order valence-corrected chi connectivity index (χ4v) is 4.76. The highest BCUT2D eigenvalue weighted by Crippen LogP contribution is 2.38. The maximum Gasteiger partial charge on any atom is 0.181 e. The Kier molecular flexibility index (Phi) is 3.87. The highest BCUT2D eigenvalue weighted by atomic mass is 32.1. The zero-order valence-electron chi connectivity index (χ0n) is 15.3. The van der Waals surface area contributed by atoms with Crippen LogP contribution in [0.5, 0.6) is 0 Å². The molecule has 0 amide bonds. The number of nitrogens with zero attached hydrogens (tertiary/aromatic N) is 2.